The number of aliphatic imine (C=N–C) groups is 1. The Morgan fingerprint density at radius 1 is 1.06 bits per heavy atom. The first kappa shape index (κ1) is 22.0. The fourth-order valence-electron chi connectivity index (χ4n) is 4.76. The number of ether oxygens (including phenoxy) is 1. The molecule has 2 aromatic carbocycles. The van der Waals surface area contributed by atoms with E-state index in [1.54, 1.807) is 0 Å². The number of hydrogen-bond acceptors (Lipinski definition) is 3. The van der Waals surface area contributed by atoms with Crippen molar-refractivity contribution < 1.29 is 4.74 Å². The summed E-state index contributed by atoms with van der Waals surface area (Å²) >= 11 is 6.60. The molecule has 2 saturated heterocycles. The Morgan fingerprint density at radius 3 is 2.42 bits per heavy atom. The van der Waals surface area contributed by atoms with Crippen molar-refractivity contribution in [2.45, 2.75) is 37.1 Å². The number of para-hydroxylation sites is 1. The number of anilines is 1. The van der Waals surface area contributed by atoms with Gasteiger partial charge in [-0.3, -0.25) is 4.99 Å². The normalized spacial score (nSPS) is 19.8. The lowest BCUT2D eigenvalue weighted by molar-refractivity contribution is 0.0514. The topological polar surface area (TPSA) is 48.9 Å². The van der Waals surface area contributed by atoms with Crippen LogP contribution in [0.1, 0.15) is 31.2 Å². The van der Waals surface area contributed by atoms with E-state index >= 15 is 0 Å². The number of nitrogens with one attached hydrogen (secondary N) is 2. The predicted molar refractivity (Wildman–Crippen MR) is 129 cm³/mol. The molecule has 0 atom stereocenters. The van der Waals surface area contributed by atoms with Crippen molar-refractivity contribution in [2.75, 3.05) is 44.8 Å². The summed E-state index contributed by atoms with van der Waals surface area (Å²) in [5.74, 6) is 0.871. The Labute approximate surface area is 190 Å². The van der Waals surface area contributed by atoms with Crippen LogP contribution in [0.25, 0.3) is 0 Å². The van der Waals surface area contributed by atoms with Crippen LogP contribution in [0.3, 0.4) is 0 Å². The molecule has 0 bridgehead atoms. The first-order valence-electron chi connectivity index (χ1n) is 11.3. The van der Waals surface area contributed by atoms with Crippen LogP contribution in [-0.2, 0) is 10.2 Å². The fraction of sp³-hybridized carbons (Fsp3) is 0.480. The molecule has 6 heteroatoms. The van der Waals surface area contributed by atoms with Crippen molar-refractivity contribution in [1.29, 1.82) is 0 Å². The summed E-state index contributed by atoms with van der Waals surface area (Å²) in [6, 6.07) is 19.3. The van der Waals surface area contributed by atoms with Gasteiger partial charge >= 0.3 is 0 Å². The quantitative estimate of drug-likeness (QED) is 0.539. The van der Waals surface area contributed by atoms with Gasteiger partial charge in [0.1, 0.15) is 0 Å². The van der Waals surface area contributed by atoms with E-state index in [9.17, 15) is 0 Å². The Bertz CT molecular complexity index is 859. The molecule has 0 radical (unpaired) electrons. The number of guanidine groups is 1. The fourth-order valence-corrected chi connectivity index (χ4v) is 5.09. The summed E-state index contributed by atoms with van der Waals surface area (Å²) in [5.41, 5.74) is 2.48. The van der Waals surface area contributed by atoms with Gasteiger partial charge in [0.25, 0.3) is 0 Å². The lowest BCUT2D eigenvalue weighted by Gasteiger charge is -2.39. The zero-order valence-corrected chi connectivity index (χ0v) is 19.1. The van der Waals surface area contributed by atoms with E-state index in [1.807, 2.05) is 19.2 Å². The molecular formula is C25H33ClN4O. The smallest absolute Gasteiger partial charge is 0.191 e. The average molecular weight is 441 g/mol. The zero-order chi connectivity index (χ0) is 21.5. The van der Waals surface area contributed by atoms with Crippen LogP contribution in [0.15, 0.2) is 59.6 Å². The minimum atomic E-state index is -0.0368. The molecule has 2 aromatic rings. The molecule has 2 N–H and O–H groups in total. The molecule has 5 nitrogen and oxygen atoms in total. The largest absolute Gasteiger partial charge is 0.381 e. The average Bonchev–Trinajstić information content (AvgIpc) is 2.83. The highest BCUT2D eigenvalue weighted by Gasteiger charge is 2.36. The highest BCUT2D eigenvalue weighted by atomic mass is 35.5. The third-order valence-electron chi connectivity index (χ3n) is 6.67. The lowest BCUT2D eigenvalue weighted by Crippen LogP contribution is -2.52. The van der Waals surface area contributed by atoms with Crippen molar-refractivity contribution in [3.63, 3.8) is 0 Å². The van der Waals surface area contributed by atoms with Gasteiger partial charge in [-0.25, -0.2) is 0 Å². The Balaban J connectivity index is 1.35. The van der Waals surface area contributed by atoms with Gasteiger partial charge in [0.2, 0.25) is 0 Å². The van der Waals surface area contributed by atoms with Crippen LogP contribution in [0.5, 0.6) is 0 Å². The van der Waals surface area contributed by atoms with Gasteiger partial charge < -0.3 is 20.3 Å². The number of piperidine rings is 1. The molecule has 166 valence electrons. The maximum absolute atomic E-state index is 6.60. The summed E-state index contributed by atoms with van der Waals surface area (Å²) < 4.78 is 5.67. The number of nitrogens with zero attached hydrogens (tertiary/aromatic N) is 2. The zero-order valence-electron chi connectivity index (χ0n) is 18.3. The standard InChI is InChI=1S/C25H33ClN4O/c1-27-24(29-20-11-15-30(16-12-20)21-7-3-2-4-8-21)28-19-25(13-17-31-18-14-25)22-9-5-6-10-23(22)26/h2-10,20H,11-19H2,1H3,(H2,27,28,29). The van der Waals surface area contributed by atoms with Crippen molar-refractivity contribution in [1.82, 2.24) is 10.6 Å². The third-order valence-corrected chi connectivity index (χ3v) is 7.00. The minimum absolute atomic E-state index is 0.0368. The van der Waals surface area contributed by atoms with E-state index in [0.29, 0.717) is 6.04 Å². The van der Waals surface area contributed by atoms with E-state index in [0.717, 1.165) is 69.5 Å². The Kier molecular flexibility index (Phi) is 7.36. The number of hydrogen-bond donors (Lipinski definition) is 2. The summed E-state index contributed by atoms with van der Waals surface area (Å²) in [7, 11) is 1.85. The molecule has 2 heterocycles. The molecule has 0 unspecified atom stereocenters. The second-order valence-corrected chi connectivity index (χ2v) is 8.95. The van der Waals surface area contributed by atoms with Crippen LogP contribution in [0, 0.1) is 0 Å². The highest BCUT2D eigenvalue weighted by molar-refractivity contribution is 6.31. The third kappa shape index (κ3) is 5.34. The van der Waals surface area contributed by atoms with Crippen LogP contribution < -0.4 is 15.5 Å². The molecular weight excluding hydrogens is 408 g/mol. The molecule has 0 spiro atoms. The summed E-state index contributed by atoms with van der Waals surface area (Å²) in [6.07, 6.45) is 4.10. The second kappa shape index (κ2) is 10.4. The highest BCUT2D eigenvalue weighted by Crippen LogP contribution is 2.38. The van der Waals surface area contributed by atoms with E-state index in [-0.39, 0.29) is 5.41 Å². The van der Waals surface area contributed by atoms with E-state index < -0.39 is 0 Å². The molecule has 0 aliphatic carbocycles. The first-order chi connectivity index (χ1) is 15.2. The molecule has 0 aromatic heterocycles. The molecule has 2 fully saturated rings. The van der Waals surface area contributed by atoms with Gasteiger partial charge in [-0.05, 0) is 49.4 Å². The van der Waals surface area contributed by atoms with E-state index in [2.05, 4.69) is 63.0 Å². The van der Waals surface area contributed by atoms with Crippen molar-refractivity contribution in [3.05, 3.63) is 65.2 Å². The molecule has 0 amide bonds. The van der Waals surface area contributed by atoms with Crippen LogP contribution in [-0.4, -0.2) is 51.9 Å². The second-order valence-electron chi connectivity index (χ2n) is 8.54. The molecule has 2 aliphatic heterocycles. The van der Waals surface area contributed by atoms with Crippen molar-refractivity contribution >= 4 is 23.2 Å². The summed E-state index contributed by atoms with van der Waals surface area (Å²) in [4.78, 5) is 6.97. The molecule has 2 aliphatic rings. The number of halogens is 1. The van der Waals surface area contributed by atoms with Gasteiger partial charge in [-0.1, -0.05) is 48.0 Å². The molecule has 4 rings (SSSR count). The van der Waals surface area contributed by atoms with E-state index in [1.165, 1.54) is 11.3 Å². The minimum Gasteiger partial charge on any atom is -0.381 e. The van der Waals surface area contributed by atoms with Crippen LogP contribution >= 0.6 is 11.6 Å². The molecule has 31 heavy (non-hydrogen) atoms. The summed E-state index contributed by atoms with van der Waals surface area (Å²) in [6.45, 7) is 4.43. The maximum atomic E-state index is 6.60. The van der Waals surface area contributed by atoms with Crippen molar-refractivity contribution in [3.8, 4) is 0 Å². The van der Waals surface area contributed by atoms with Gasteiger partial charge in [0.05, 0.1) is 0 Å². The Morgan fingerprint density at radius 2 is 1.74 bits per heavy atom. The van der Waals surface area contributed by atoms with E-state index in [4.69, 9.17) is 16.3 Å². The maximum Gasteiger partial charge on any atom is 0.191 e. The van der Waals surface area contributed by atoms with Crippen LogP contribution in [0.4, 0.5) is 5.69 Å². The Hall–Kier alpha value is -2.24. The SMILES string of the molecule is CN=C(NCC1(c2ccccc2Cl)CCOCC1)NC1CCN(c2ccccc2)CC1. The lowest BCUT2D eigenvalue weighted by atomic mass is 9.74. The van der Waals surface area contributed by atoms with Gasteiger partial charge in [0, 0.05) is 62.1 Å². The monoisotopic (exact) mass is 440 g/mol. The summed E-state index contributed by atoms with van der Waals surface area (Å²) in [5, 5.41) is 8.09. The van der Waals surface area contributed by atoms with Gasteiger partial charge in [-0.2, -0.15) is 0 Å². The first-order valence-corrected chi connectivity index (χ1v) is 11.7. The van der Waals surface area contributed by atoms with Crippen molar-refractivity contribution in [2.24, 2.45) is 4.99 Å². The van der Waals surface area contributed by atoms with Gasteiger partial charge in [0.15, 0.2) is 5.96 Å². The molecule has 0 saturated carbocycles. The predicted octanol–water partition coefficient (Wildman–Crippen LogP) is 4.22. The number of rotatable bonds is 5. The number of benzene rings is 2. The van der Waals surface area contributed by atoms with Crippen LogP contribution in [0.2, 0.25) is 5.02 Å². The van der Waals surface area contributed by atoms with Gasteiger partial charge in [-0.15, -0.1) is 0 Å².